The Morgan fingerprint density at radius 3 is 2.33 bits per heavy atom. The molecule has 1 aliphatic heterocycles. The normalized spacial score (nSPS) is 22.2. The fourth-order valence-electron chi connectivity index (χ4n) is 3.77. The molecule has 0 spiro atoms. The van der Waals surface area contributed by atoms with Crippen LogP contribution in [0.15, 0.2) is 12.7 Å². The van der Waals surface area contributed by atoms with Gasteiger partial charge in [-0.2, -0.15) is 13.2 Å². The fraction of sp³-hybridized carbons (Fsp3) is 0.667. The van der Waals surface area contributed by atoms with E-state index in [1.165, 1.54) is 17.2 Å². The van der Waals surface area contributed by atoms with Crippen LogP contribution in [0.25, 0.3) is 11.2 Å². The number of ether oxygens (including phenoxy) is 1. The number of hydrogen-bond donors (Lipinski definition) is 6. The number of rotatable bonds is 11. The molecule has 0 bridgehead atoms. The predicted molar refractivity (Wildman–Crippen MR) is 129 cm³/mol. The third-order valence-electron chi connectivity index (χ3n) is 5.83. The van der Waals surface area contributed by atoms with Crippen LogP contribution in [0.5, 0.6) is 0 Å². The van der Waals surface area contributed by atoms with Crippen LogP contribution in [-0.2, 0) is 14.3 Å². The number of hydrogen-bond acceptors (Lipinski definition) is 12. The molecule has 15 nitrogen and oxygen atoms in total. The zero-order valence-corrected chi connectivity index (χ0v) is 21.3. The number of carbonyl (C=O) groups is 2. The van der Waals surface area contributed by atoms with E-state index in [2.05, 4.69) is 19.9 Å². The number of carboxylic acid groups (broad SMARTS) is 2. The molecule has 0 aliphatic carbocycles. The molecule has 8 N–H and O–H groups in total. The number of aromatic nitrogens is 4. The van der Waals surface area contributed by atoms with Crippen LogP contribution >= 0.6 is 0 Å². The van der Waals surface area contributed by atoms with E-state index in [1.807, 2.05) is 19.0 Å². The summed E-state index contributed by atoms with van der Waals surface area (Å²) in [5.41, 5.74) is 12.3. The van der Waals surface area contributed by atoms with Crippen molar-refractivity contribution in [1.29, 1.82) is 0 Å². The number of nitrogens with two attached hydrogens (primary N) is 2. The molecule has 1 aliphatic rings. The molecule has 5 unspecified atom stereocenters. The van der Waals surface area contributed by atoms with E-state index in [0.29, 0.717) is 30.8 Å². The molecule has 0 saturated carbocycles. The summed E-state index contributed by atoms with van der Waals surface area (Å²) >= 11 is 0. The fourth-order valence-corrected chi connectivity index (χ4v) is 3.77. The number of imidazole rings is 1. The van der Waals surface area contributed by atoms with Crippen molar-refractivity contribution >= 4 is 28.9 Å². The van der Waals surface area contributed by atoms with E-state index in [9.17, 15) is 28.2 Å². The van der Waals surface area contributed by atoms with Gasteiger partial charge in [-0.15, -0.1) is 0 Å². The molecule has 2 aromatic heterocycles. The van der Waals surface area contributed by atoms with E-state index in [-0.39, 0.29) is 12.2 Å². The molecule has 0 amide bonds. The number of nitrogens with zero attached hydrogens (tertiary/aromatic N) is 6. The van der Waals surface area contributed by atoms with E-state index >= 15 is 0 Å². The first kappa shape index (κ1) is 32.1. The first-order valence-corrected chi connectivity index (χ1v) is 11.7. The number of carboxylic acids is 2. The van der Waals surface area contributed by atoms with Crippen molar-refractivity contribution in [3.63, 3.8) is 0 Å². The van der Waals surface area contributed by atoms with Crippen LogP contribution in [0.2, 0.25) is 0 Å². The van der Waals surface area contributed by atoms with Crippen LogP contribution in [0.4, 0.5) is 19.0 Å². The van der Waals surface area contributed by atoms with Gasteiger partial charge in [0.05, 0.1) is 6.33 Å². The summed E-state index contributed by atoms with van der Waals surface area (Å²) in [5.74, 6) is -3.60. The van der Waals surface area contributed by atoms with Gasteiger partial charge in [-0.1, -0.05) is 0 Å². The second-order valence-electron chi connectivity index (χ2n) is 9.12. The van der Waals surface area contributed by atoms with E-state index in [4.69, 9.17) is 31.2 Å². The molecule has 3 rings (SSSR count). The largest absolute Gasteiger partial charge is 0.490 e. The summed E-state index contributed by atoms with van der Waals surface area (Å²) in [6.45, 7) is 2.24. The Morgan fingerprint density at radius 1 is 1.13 bits per heavy atom. The molecule has 5 atom stereocenters. The molecule has 1 fully saturated rings. The standard InChI is InChI=1S/C19H32N8O5.C2HF3O2/c1-25(2)5-3-6-26(7-4-11(20)19(30)31)8-12-14(28)15(29)18(32-12)27-10-24-13-16(21)22-9-23-17(13)27;3-2(4,5)1(6)7/h9-12,14-15,18,28-29H,3-8,20H2,1-2H3,(H,30,31)(H2,21,22,23);(H,6,7). The van der Waals surface area contributed by atoms with Gasteiger partial charge >= 0.3 is 18.1 Å². The highest BCUT2D eigenvalue weighted by molar-refractivity contribution is 5.81. The molecule has 2 aromatic rings. The minimum atomic E-state index is -5.08. The second kappa shape index (κ2) is 13.8. The van der Waals surface area contributed by atoms with E-state index in [1.54, 1.807) is 0 Å². The van der Waals surface area contributed by atoms with Gasteiger partial charge in [0, 0.05) is 13.1 Å². The summed E-state index contributed by atoms with van der Waals surface area (Å²) in [5, 5.41) is 37.5. The molecule has 39 heavy (non-hydrogen) atoms. The summed E-state index contributed by atoms with van der Waals surface area (Å²) in [7, 11) is 3.95. The van der Waals surface area contributed by atoms with Gasteiger partial charge in [-0.25, -0.2) is 19.7 Å². The Bertz CT molecular complexity index is 1100. The van der Waals surface area contributed by atoms with Crippen LogP contribution in [0.1, 0.15) is 19.1 Å². The lowest BCUT2D eigenvalue weighted by atomic mass is 10.1. The van der Waals surface area contributed by atoms with Gasteiger partial charge in [-0.3, -0.25) is 9.36 Å². The van der Waals surface area contributed by atoms with Crippen molar-refractivity contribution in [2.45, 2.75) is 49.6 Å². The smallest absolute Gasteiger partial charge is 0.480 e. The number of nitrogen functional groups attached to an aromatic ring is 1. The number of fused-ring (bicyclic) bond motifs is 1. The highest BCUT2D eigenvalue weighted by Crippen LogP contribution is 2.32. The lowest BCUT2D eigenvalue weighted by molar-refractivity contribution is -0.192. The van der Waals surface area contributed by atoms with E-state index < -0.39 is 48.7 Å². The van der Waals surface area contributed by atoms with Crippen LogP contribution < -0.4 is 11.5 Å². The average molecular weight is 567 g/mol. The molecule has 220 valence electrons. The van der Waals surface area contributed by atoms with Gasteiger partial charge in [0.15, 0.2) is 17.7 Å². The van der Waals surface area contributed by atoms with Gasteiger partial charge in [-0.05, 0) is 40.0 Å². The van der Waals surface area contributed by atoms with Crippen LogP contribution in [0, 0.1) is 0 Å². The molecule has 3 heterocycles. The number of aliphatic hydroxyl groups is 2. The number of aliphatic carboxylic acids is 2. The molecule has 18 heteroatoms. The number of alkyl halides is 3. The lowest BCUT2D eigenvalue weighted by Gasteiger charge is -2.27. The first-order chi connectivity index (χ1) is 18.1. The molecule has 1 saturated heterocycles. The Morgan fingerprint density at radius 2 is 1.77 bits per heavy atom. The minimum Gasteiger partial charge on any atom is -0.480 e. The molecule has 0 aromatic carbocycles. The first-order valence-electron chi connectivity index (χ1n) is 11.7. The monoisotopic (exact) mass is 566 g/mol. The number of anilines is 1. The van der Waals surface area contributed by atoms with E-state index in [0.717, 1.165) is 13.0 Å². The Labute approximate surface area is 220 Å². The third-order valence-corrected chi connectivity index (χ3v) is 5.83. The van der Waals surface area contributed by atoms with Gasteiger partial charge in [0.2, 0.25) is 0 Å². The van der Waals surface area contributed by atoms with Crippen molar-refractivity contribution < 1.29 is 47.9 Å². The van der Waals surface area contributed by atoms with Crippen molar-refractivity contribution in [3.8, 4) is 0 Å². The van der Waals surface area contributed by atoms with Crippen molar-refractivity contribution in [2.75, 3.05) is 46.0 Å². The Hall–Kier alpha value is -3.16. The topological polar surface area (TPSA) is 226 Å². The zero-order chi connectivity index (χ0) is 29.5. The number of halogens is 3. The van der Waals surface area contributed by atoms with Crippen molar-refractivity contribution in [1.82, 2.24) is 29.3 Å². The predicted octanol–water partition coefficient (Wildman–Crippen LogP) is -1.28. The Kier molecular flexibility index (Phi) is 11.3. The summed E-state index contributed by atoms with van der Waals surface area (Å²) < 4.78 is 39.3. The highest BCUT2D eigenvalue weighted by atomic mass is 19.4. The quantitative estimate of drug-likeness (QED) is 0.186. The summed E-state index contributed by atoms with van der Waals surface area (Å²) in [6.07, 6.45) is -5.21. The van der Waals surface area contributed by atoms with Gasteiger partial charge < -0.3 is 46.4 Å². The van der Waals surface area contributed by atoms with Crippen molar-refractivity contribution in [3.05, 3.63) is 12.7 Å². The van der Waals surface area contributed by atoms with Crippen LogP contribution in [0.3, 0.4) is 0 Å². The minimum absolute atomic E-state index is 0.208. The molecular formula is C21H33F3N8O7. The second-order valence-corrected chi connectivity index (χ2v) is 9.12. The summed E-state index contributed by atoms with van der Waals surface area (Å²) in [6, 6.07) is -0.971. The number of aliphatic hydroxyl groups excluding tert-OH is 2. The van der Waals surface area contributed by atoms with Crippen LogP contribution in [-0.4, -0.2) is 132 Å². The molecular weight excluding hydrogens is 533 g/mol. The average Bonchev–Trinajstić information content (AvgIpc) is 3.39. The lowest BCUT2D eigenvalue weighted by Crippen LogP contribution is -2.43. The molecule has 0 radical (unpaired) electrons. The maximum atomic E-state index is 11.1. The zero-order valence-electron chi connectivity index (χ0n) is 21.3. The highest BCUT2D eigenvalue weighted by Gasteiger charge is 2.45. The Balaban J connectivity index is 0.000000673. The van der Waals surface area contributed by atoms with Gasteiger partial charge in [0.1, 0.15) is 36.2 Å². The SMILES string of the molecule is CN(C)CCCN(CCC(N)C(=O)O)CC1OC(n2cnc3c(N)ncnc32)C(O)C1O.O=C(O)C(F)(F)F. The van der Waals surface area contributed by atoms with Gasteiger partial charge in [0.25, 0.3) is 0 Å². The maximum absolute atomic E-state index is 11.1. The summed E-state index contributed by atoms with van der Waals surface area (Å²) in [4.78, 5) is 36.3. The maximum Gasteiger partial charge on any atom is 0.490 e. The third kappa shape index (κ3) is 8.94. The van der Waals surface area contributed by atoms with Crippen molar-refractivity contribution in [2.24, 2.45) is 5.73 Å².